The SMILES string of the molecule is N#Cc1ncc(Cl)nc1C(=O)O. The highest BCUT2D eigenvalue weighted by molar-refractivity contribution is 6.29. The molecule has 12 heavy (non-hydrogen) atoms. The highest BCUT2D eigenvalue weighted by atomic mass is 35.5. The van der Waals surface area contributed by atoms with Crippen molar-refractivity contribution in [1.29, 1.82) is 5.26 Å². The first-order valence-corrected chi connectivity index (χ1v) is 3.19. The third-order valence-electron chi connectivity index (χ3n) is 1.05. The van der Waals surface area contributed by atoms with E-state index in [1.54, 1.807) is 6.07 Å². The minimum atomic E-state index is -1.32. The molecule has 1 aromatic heterocycles. The fourth-order valence-electron chi connectivity index (χ4n) is 0.599. The van der Waals surface area contributed by atoms with E-state index in [1.165, 1.54) is 0 Å². The largest absolute Gasteiger partial charge is 0.476 e. The second kappa shape index (κ2) is 3.15. The van der Waals surface area contributed by atoms with Crippen molar-refractivity contribution in [3.63, 3.8) is 0 Å². The second-order valence-corrected chi connectivity index (χ2v) is 2.19. The molecule has 0 atom stereocenters. The van der Waals surface area contributed by atoms with Gasteiger partial charge < -0.3 is 5.11 Å². The number of rotatable bonds is 1. The molecule has 1 N–H and O–H groups in total. The first kappa shape index (κ1) is 8.43. The molecule has 0 aliphatic heterocycles. The molecule has 60 valence electrons. The zero-order valence-corrected chi connectivity index (χ0v) is 6.41. The summed E-state index contributed by atoms with van der Waals surface area (Å²) in [6.45, 7) is 0. The van der Waals surface area contributed by atoms with E-state index in [1.807, 2.05) is 0 Å². The van der Waals surface area contributed by atoms with Crippen molar-refractivity contribution in [3.8, 4) is 6.07 Å². The molecule has 1 heterocycles. The van der Waals surface area contributed by atoms with Crippen LogP contribution in [-0.2, 0) is 0 Å². The molecule has 0 spiro atoms. The summed E-state index contributed by atoms with van der Waals surface area (Å²) in [6.07, 6.45) is 1.12. The van der Waals surface area contributed by atoms with Gasteiger partial charge in [-0.1, -0.05) is 11.6 Å². The summed E-state index contributed by atoms with van der Waals surface area (Å²) < 4.78 is 0. The van der Waals surface area contributed by atoms with Crippen LogP contribution >= 0.6 is 11.6 Å². The van der Waals surface area contributed by atoms with Crippen LogP contribution in [0.5, 0.6) is 0 Å². The van der Waals surface area contributed by atoms with Crippen LogP contribution in [0.2, 0.25) is 5.15 Å². The van der Waals surface area contributed by atoms with Crippen LogP contribution in [0.25, 0.3) is 0 Å². The first-order chi connectivity index (χ1) is 5.65. The van der Waals surface area contributed by atoms with Crippen LogP contribution < -0.4 is 0 Å². The van der Waals surface area contributed by atoms with Crippen molar-refractivity contribution < 1.29 is 9.90 Å². The summed E-state index contributed by atoms with van der Waals surface area (Å²) >= 11 is 5.37. The van der Waals surface area contributed by atoms with Gasteiger partial charge in [0.25, 0.3) is 0 Å². The Morgan fingerprint density at radius 3 is 2.92 bits per heavy atom. The molecule has 0 aliphatic carbocycles. The lowest BCUT2D eigenvalue weighted by atomic mass is 10.3. The van der Waals surface area contributed by atoms with Crippen molar-refractivity contribution in [2.75, 3.05) is 0 Å². The summed E-state index contributed by atoms with van der Waals surface area (Å²) in [7, 11) is 0. The molecule has 0 saturated heterocycles. The van der Waals surface area contributed by atoms with Gasteiger partial charge in [-0.05, 0) is 0 Å². The van der Waals surface area contributed by atoms with Gasteiger partial charge in [-0.3, -0.25) is 0 Å². The van der Waals surface area contributed by atoms with Gasteiger partial charge in [0.15, 0.2) is 11.4 Å². The summed E-state index contributed by atoms with van der Waals surface area (Å²) in [4.78, 5) is 17.3. The molecule has 0 saturated carbocycles. The number of halogens is 1. The fraction of sp³-hybridized carbons (Fsp3) is 0. The Kier molecular flexibility index (Phi) is 2.21. The van der Waals surface area contributed by atoms with Crippen LogP contribution in [0.4, 0.5) is 0 Å². The van der Waals surface area contributed by atoms with Crippen LogP contribution in [0.15, 0.2) is 6.20 Å². The predicted molar refractivity (Wildman–Crippen MR) is 38.7 cm³/mol. The fourth-order valence-corrected chi connectivity index (χ4v) is 0.732. The molecular weight excluding hydrogens is 182 g/mol. The number of carboxylic acids is 1. The third kappa shape index (κ3) is 1.49. The average molecular weight is 184 g/mol. The van der Waals surface area contributed by atoms with Gasteiger partial charge in [-0.25, -0.2) is 14.8 Å². The average Bonchev–Trinajstić information content (AvgIpc) is 2.04. The third-order valence-corrected chi connectivity index (χ3v) is 1.23. The molecule has 0 aromatic carbocycles. The number of aromatic carboxylic acids is 1. The minimum Gasteiger partial charge on any atom is -0.476 e. The normalized spacial score (nSPS) is 9.00. The zero-order valence-electron chi connectivity index (χ0n) is 5.65. The number of hydrogen-bond donors (Lipinski definition) is 1. The molecule has 0 fully saturated rings. The van der Waals surface area contributed by atoms with E-state index in [0.29, 0.717) is 0 Å². The molecule has 0 bridgehead atoms. The Labute approximate surface area is 72.3 Å². The van der Waals surface area contributed by atoms with Crippen molar-refractivity contribution >= 4 is 17.6 Å². The van der Waals surface area contributed by atoms with E-state index in [2.05, 4.69) is 9.97 Å². The number of nitriles is 1. The van der Waals surface area contributed by atoms with Crippen LogP contribution in [-0.4, -0.2) is 21.0 Å². The first-order valence-electron chi connectivity index (χ1n) is 2.81. The standard InChI is InChI=1S/C6H2ClN3O2/c7-4-2-9-3(1-8)5(10-4)6(11)12/h2H,(H,11,12). The van der Waals surface area contributed by atoms with Crippen LogP contribution in [0.1, 0.15) is 16.2 Å². The van der Waals surface area contributed by atoms with Crippen LogP contribution in [0, 0.1) is 11.3 Å². The molecule has 1 aromatic rings. The van der Waals surface area contributed by atoms with Crippen molar-refractivity contribution in [2.45, 2.75) is 0 Å². The topological polar surface area (TPSA) is 86.9 Å². The number of carboxylic acid groups (broad SMARTS) is 1. The lowest BCUT2D eigenvalue weighted by molar-refractivity contribution is 0.0689. The van der Waals surface area contributed by atoms with Gasteiger partial charge in [0.1, 0.15) is 11.2 Å². The molecular formula is C6H2ClN3O2. The highest BCUT2D eigenvalue weighted by Gasteiger charge is 2.13. The lowest BCUT2D eigenvalue weighted by Crippen LogP contribution is -2.05. The number of nitrogens with zero attached hydrogens (tertiary/aromatic N) is 3. The maximum atomic E-state index is 10.4. The molecule has 0 aliphatic rings. The van der Waals surface area contributed by atoms with E-state index in [-0.39, 0.29) is 10.8 Å². The van der Waals surface area contributed by atoms with Gasteiger partial charge in [0, 0.05) is 0 Å². The zero-order chi connectivity index (χ0) is 9.14. The number of carbonyl (C=O) groups is 1. The van der Waals surface area contributed by atoms with E-state index >= 15 is 0 Å². The van der Waals surface area contributed by atoms with Gasteiger partial charge in [-0.15, -0.1) is 0 Å². The van der Waals surface area contributed by atoms with Crippen molar-refractivity contribution in [1.82, 2.24) is 9.97 Å². The van der Waals surface area contributed by atoms with Gasteiger partial charge in [0.05, 0.1) is 6.20 Å². The molecule has 6 heteroatoms. The predicted octanol–water partition coefficient (Wildman–Crippen LogP) is 0.700. The summed E-state index contributed by atoms with van der Waals surface area (Å²) in [5, 5.41) is 16.9. The Morgan fingerprint density at radius 1 is 1.75 bits per heavy atom. The molecule has 0 unspecified atom stereocenters. The summed E-state index contributed by atoms with van der Waals surface area (Å²) in [5.74, 6) is -1.32. The Balaban J connectivity index is 3.34. The van der Waals surface area contributed by atoms with Gasteiger partial charge in [-0.2, -0.15) is 5.26 Å². The number of hydrogen-bond acceptors (Lipinski definition) is 4. The highest BCUT2D eigenvalue weighted by Crippen LogP contribution is 2.06. The minimum absolute atomic E-state index is 0.0496. The molecule has 0 amide bonds. The maximum absolute atomic E-state index is 10.4. The Morgan fingerprint density at radius 2 is 2.42 bits per heavy atom. The monoisotopic (exact) mass is 183 g/mol. The summed E-state index contributed by atoms with van der Waals surface area (Å²) in [6, 6.07) is 1.59. The molecule has 5 nitrogen and oxygen atoms in total. The molecule has 1 rings (SSSR count). The van der Waals surface area contributed by atoms with Gasteiger partial charge in [0.2, 0.25) is 0 Å². The Bertz CT molecular complexity index is 372. The lowest BCUT2D eigenvalue weighted by Gasteiger charge is -1.95. The molecule has 0 radical (unpaired) electrons. The second-order valence-electron chi connectivity index (χ2n) is 1.81. The van der Waals surface area contributed by atoms with Crippen molar-refractivity contribution in [3.05, 3.63) is 22.7 Å². The van der Waals surface area contributed by atoms with E-state index < -0.39 is 11.7 Å². The van der Waals surface area contributed by atoms with E-state index in [4.69, 9.17) is 22.0 Å². The van der Waals surface area contributed by atoms with Gasteiger partial charge >= 0.3 is 5.97 Å². The van der Waals surface area contributed by atoms with E-state index in [9.17, 15) is 4.79 Å². The van der Waals surface area contributed by atoms with E-state index in [0.717, 1.165) is 6.20 Å². The van der Waals surface area contributed by atoms with Crippen LogP contribution in [0.3, 0.4) is 0 Å². The summed E-state index contributed by atoms with van der Waals surface area (Å²) in [5.41, 5.74) is -0.670. The smallest absolute Gasteiger partial charge is 0.357 e. The van der Waals surface area contributed by atoms with Crippen molar-refractivity contribution in [2.24, 2.45) is 0 Å². The quantitative estimate of drug-likeness (QED) is 0.693. The maximum Gasteiger partial charge on any atom is 0.357 e. The number of aromatic nitrogens is 2. The Hall–Kier alpha value is -1.67.